The number of sulfone groups is 1. The second-order valence-corrected chi connectivity index (χ2v) is 6.42. The van der Waals surface area contributed by atoms with Gasteiger partial charge in [0.05, 0.1) is 0 Å². The molecule has 0 heterocycles. The minimum absolute atomic E-state index is 0.0366. The lowest BCUT2D eigenvalue weighted by molar-refractivity contribution is 0.485. The molecule has 0 bridgehead atoms. The third kappa shape index (κ3) is 4.67. The lowest BCUT2D eigenvalue weighted by Crippen LogP contribution is -2.28. The predicted octanol–water partition coefficient (Wildman–Crippen LogP) is 1.29. The zero-order valence-corrected chi connectivity index (χ0v) is 10.8. The van der Waals surface area contributed by atoms with Gasteiger partial charge >= 0.3 is 0 Å². The molecule has 0 aliphatic heterocycles. The van der Waals surface area contributed by atoms with Crippen LogP contribution in [0.25, 0.3) is 0 Å². The van der Waals surface area contributed by atoms with E-state index < -0.39 is 27.5 Å². The van der Waals surface area contributed by atoms with Gasteiger partial charge < -0.3 is 0 Å². The largest absolute Gasteiger partial charge is 0.271 e. The lowest BCUT2D eigenvalue weighted by Gasteiger charge is -2.16. The minimum Gasteiger partial charge on any atom is -0.271 e. The van der Waals surface area contributed by atoms with E-state index in [1.54, 1.807) is 0 Å². The highest BCUT2D eigenvalue weighted by Gasteiger charge is 2.13. The van der Waals surface area contributed by atoms with E-state index >= 15 is 0 Å². The molecule has 4 nitrogen and oxygen atoms in total. The zero-order valence-electron chi connectivity index (χ0n) is 9.99. The third-order valence-electron chi connectivity index (χ3n) is 2.56. The van der Waals surface area contributed by atoms with Crippen LogP contribution in [0.3, 0.4) is 0 Å². The number of hydrogen-bond donors (Lipinski definition) is 2. The Balaban J connectivity index is 2.68. The van der Waals surface area contributed by atoms with E-state index in [-0.39, 0.29) is 5.75 Å². The quantitative estimate of drug-likeness (QED) is 0.607. The Morgan fingerprint density at radius 2 is 2.00 bits per heavy atom. The zero-order chi connectivity index (χ0) is 13.8. The van der Waals surface area contributed by atoms with E-state index in [9.17, 15) is 17.2 Å². The van der Waals surface area contributed by atoms with E-state index in [2.05, 4.69) is 5.43 Å². The van der Waals surface area contributed by atoms with Crippen LogP contribution in [-0.4, -0.2) is 20.4 Å². The Labute approximate surface area is 105 Å². The number of halogens is 2. The van der Waals surface area contributed by atoms with Crippen molar-refractivity contribution in [3.8, 4) is 0 Å². The average Bonchev–Trinajstić information content (AvgIpc) is 2.27. The molecule has 1 atom stereocenters. The van der Waals surface area contributed by atoms with Gasteiger partial charge in [-0.1, -0.05) is 6.07 Å². The highest BCUT2D eigenvalue weighted by molar-refractivity contribution is 7.90. The molecule has 0 radical (unpaired) electrons. The first-order chi connectivity index (χ1) is 8.33. The molecular formula is C11H16F2N2O2S. The summed E-state index contributed by atoms with van der Waals surface area (Å²) in [5.74, 6) is 3.49. The van der Waals surface area contributed by atoms with E-state index in [0.29, 0.717) is 18.4 Å². The van der Waals surface area contributed by atoms with Gasteiger partial charge in [-0.25, -0.2) is 17.2 Å². The molecule has 0 saturated heterocycles. The van der Waals surface area contributed by atoms with Crippen LogP contribution in [-0.2, 0) is 9.84 Å². The van der Waals surface area contributed by atoms with Crippen molar-refractivity contribution in [1.82, 2.24) is 5.43 Å². The summed E-state index contributed by atoms with van der Waals surface area (Å²) < 4.78 is 47.8. The molecule has 3 N–H and O–H groups in total. The second-order valence-electron chi connectivity index (χ2n) is 4.16. The Kier molecular flexibility index (Phi) is 5.18. The normalized spacial score (nSPS) is 13.6. The molecule has 1 aromatic carbocycles. The van der Waals surface area contributed by atoms with Gasteiger partial charge in [0.2, 0.25) is 0 Å². The van der Waals surface area contributed by atoms with Crippen LogP contribution in [0.15, 0.2) is 18.2 Å². The van der Waals surface area contributed by atoms with Crippen molar-refractivity contribution in [3.63, 3.8) is 0 Å². The Morgan fingerprint density at radius 1 is 1.33 bits per heavy atom. The second kappa shape index (κ2) is 6.21. The molecular weight excluding hydrogens is 262 g/mol. The molecule has 0 fully saturated rings. The van der Waals surface area contributed by atoms with Gasteiger partial charge in [-0.05, 0) is 30.5 Å². The fourth-order valence-corrected chi connectivity index (χ4v) is 2.32. The predicted molar refractivity (Wildman–Crippen MR) is 65.4 cm³/mol. The topological polar surface area (TPSA) is 72.2 Å². The van der Waals surface area contributed by atoms with E-state index in [4.69, 9.17) is 5.84 Å². The van der Waals surface area contributed by atoms with Gasteiger partial charge in [-0.3, -0.25) is 11.3 Å². The highest BCUT2D eigenvalue weighted by Crippen LogP contribution is 2.20. The molecule has 1 aromatic rings. The van der Waals surface area contributed by atoms with E-state index in [1.165, 1.54) is 6.07 Å². The molecule has 1 unspecified atom stereocenters. The molecule has 0 spiro atoms. The summed E-state index contributed by atoms with van der Waals surface area (Å²) in [6.45, 7) is 0. The van der Waals surface area contributed by atoms with Crippen LogP contribution in [0.4, 0.5) is 8.78 Å². The van der Waals surface area contributed by atoms with Crippen LogP contribution in [0.1, 0.15) is 24.4 Å². The van der Waals surface area contributed by atoms with Crippen molar-refractivity contribution in [3.05, 3.63) is 35.4 Å². The molecule has 0 aliphatic carbocycles. The Hall–Kier alpha value is -1.05. The number of nitrogens with two attached hydrogens (primary N) is 1. The third-order valence-corrected chi connectivity index (χ3v) is 3.59. The molecule has 0 saturated carbocycles. The van der Waals surface area contributed by atoms with Crippen molar-refractivity contribution < 1.29 is 17.2 Å². The van der Waals surface area contributed by atoms with Gasteiger partial charge in [0.25, 0.3) is 0 Å². The Bertz CT molecular complexity index is 506. The molecule has 0 amide bonds. The van der Waals surface area contributed by atoms with Gasteiger partial charge in [-0.15, -0.1) is 0 Å². The number of hydrogen-bond acceptors (Lipinski definition) is 4. The van der Waals surface area contributed by atoms with Crippen molar-refractivity contribution >= 4 is 9.84 Å². The smallest absolute Gasteiger partial charge is 0.159 e. The van der Waals surface area contributed by atoms with Crippen LogP contribution in [0, 0.1) is 11.6 Å². The van der Waals surface area contributed by atoms with E-state index in [0.717, 1.165) is 18.4 Å². The van der Waals surface area contributed by atoms with Crippen molar-refractivity contribution in [2.75, 3.05) is 12.0 Å². The fourth-order valence-electron chi connectivity index (χ4n) is 1.62. The fraction of sp³-hybridized carbons (Fsp3) is 0.455. The summed E-state index contributed by atoms with van der Waals surface area (Å²) in [4.78, 5) is 0. The van der Waals surface area contributed by atoms with Gasteiger partial charge in [-0.2, -0.15) is 0 Å². The highest BCUT2D eigenvalue weighted by atomic mass is 32.2. The summed E-state index contributed by atoms with van der Waals surface area (Å²) in [6, 6.07) is 3.09. The van der Waals surface area contributed by atoms with Crippen LogP contribution >= 0.6 is 0 Å². The standard InChI is InChI=1S/C11H16F2N2O2S/c1-18(16,17)6-2-3-11(15-14)8-4-5-9(12)10(13)7-8/h4-5,7,11,15H,2-3,6,14H2,1H3. The van der Waals surface area contributed by atoms with Crippen LogP contribution in [0.2, 0.25) is 0 Å². The van der Waals surface area contributed by atoms with Gasteiger partial charge in [0.1, 0.15) is 9.84 Å². The number of nitrogens with one attached hydrogen (secondary N) is 1. The van der Waals surface area contributed by atoms with Crippen molar-refractivity contribution in [2.45, 2.75) is 18.9 Å². The summed E-state index contributed by atoms with van der Waals surface area (Å²) in [7, 11) is -3.03. The summed E-state index contributed by atoms with van der Waals surface area (Å²) >= 11 is 0. The van der Waals surface area contributed by atoms with Crippen molar-refractivity contribution in [1.29, 1.82) is 0 Å². The first-order valence-electron chi connectivity index (χ1n) is 5.42. The average molecular weight is 278 g/mol. The van der Waals surface area contributed by atoms with Gasteiger partial charge in [0, 0.05) is 18.1 Å². The molecule has 18 heavy (non-hydrogen) atoms. The number of rotatable bonds is 6. The van der Waals surface area contributed by atoms with E-state index in [1.807, 2.05) is 0 Å². The molecule has 7 heteroatoms. The first kappa shape index (κ1) is 15.0. The van der Waals surface area contributed by atoms with Crippen LogP contribution < -0.4 is 11.3 Å². The van der Waals surface area contributed by atoms with Crippen molar-refractivity contribution in [2.24, 2.45) is 5.84 Å². The SMILES string of the molecule is CS(=O)(=O)CCCC(NN)c1ccc(F)c(F)c1. The maximum atomic E-state index is 13.0. The number of benzene rings is 1. The monoisotopic (exact) mass is 278 g/mol. The lowest BCUT2D eigenvalue weighted by atomic mass is 10.0. The maximum Gasteiger partial charge on any atom is 0.159 e. The van der Waals surface area contributed by atoms with Gasteiger partial charge in [0.15, 0.2) is 11.6 Å². The first-order valence-corrected chi connectivity index (χ1v) is 7.48. The Morgan fingerprint density at radius 3 is 2.50 bits per heavy atom. The molecule has 1 rings (SSSR count). The summed E-state index contributed by atoms with van der Waals surface area (Å²) in [5.41, 5.74) is 2.96. The summed E-state index contributed by atoms with van der Waals surface area (Å²) in [5, 5.41) is 0. The number of hydrazine groups is 1. The minimum atomic E-state index is -3.03. The molecule has 102 valence electrons. The summed E-state index contributed by atoms with van der Waals surface area (Å²) in [6.07, 6.45) is 1.97. The molecule has 0 aromatic heterocycles. The van der Waals surface area contributed by atoms with Crippen LogP contribution in [0.5, 0.6) is 0 Å². The maximum absolute atomic E-state index is 13.0. The molecule has 0 aliphatic rings.